The van der Waals surface area contributed by atoms with Gasteiger partial charge in [-0.05, 0) is 30.7 Å². The monoisotopic (exact) mass is 381 g/mol. The van der Waals surface area contributed by atoms with Crippen LogP contribution in [0.1, 0.15) is 21.9 Å². The Morgan fingerprint density at radius 2 is 2.00 bits per heavy atom. The summed E-state index contributed by atoms with van der Waals surface area (Å²) < 4.78 is 2.05. The number of rotatable bonds is 4. The Kier molecular flexibility index (Phi) is 5.31. The molecule has 4 heterocycles. The Morgan fingerprint density at radius 3 is 2.78 bits per heavy atom. The highest BCUT2D eigenvalue weighted by molar-refractivity contribution is 7.17. The van der Waals surface area contributed by atoms with E-state index in [0.29, 0.717) is 0 Å². The van der Waals surface area contributed by atoms with Crippen LogP contribution in [-0.2, 0) is 13.6 Å². The van der Waals surface area contributed by atoms with Crippen molar-refractivity contribution in [2.75, 3.05) is 26.2 Å². The normalized spacial score (nSPS) is 15.7. The number of imidazole rings is 1. The van der Waals surface area contributed by atoms with Gasteiger partial charge in [0.05, 0.1) is 22.0 Å². The molecule has 3 aromatic rings. The zero-order valence-corrected chi connectivity index (χ0v) is 16.2. The maximum atomic E-state index is 13.0. The number of pyridine rings is 1. The van der Waals surface area contributed by atoms with Crippen LogP contribution in [0.5, 0.6) is 0 Å². The average molecular weight is 382 g/mol. The topological polar surface area (TPSA) is 54.3 Å². The van der Waals surface area contributed by atoms with Crippen molar-refractivity contribution < 1.29 is 4.79 Å². The van der Waals surface area contributed by atoms with Crippen LogP contribution in [-0.4, -0.2) is 56.4 Å². The third-order valence-electron chi connectivity index (χ3n) is 4.90. The fourth-order valence-electron chi connectivity index (χ4n) is 3.34. The van der Waals surface area contributed by atoms with Gasteiger partial charge in [-0.25, -0.2) is 4.98 Å². The molecule has 3 aromatic heterocycles. The van der Waals surface area contributed by atoms with Crippen molar-refractivity contribution in [2.24, 2.45) is 7.05 Å². The van der Waals surface area contributed by atoms with E-state index in [0.717, 1.165) is 60.4 Å². The quantitative estimate of drug-likeness (QED) is 0.697. The van der Waals surface area contributed by atoms with Crippen LogP contribution in [0.15, 0.2) is 48.9 Å². The average Bonchev–Trinajstić information content (AvgIpc) is 3.27. The smallest absolute Gasteiger partial charge is 0.263 e. The predicted octanol–water partition coefficient (Wildman–Crippen LogP) is 2.89. The molecule has 0 bridgehead atoms. The first-order valence-electron chi connectivity index (χ1n) is 9.20. The van der Waals surface area contributed by atoms with Gasteiger partial charge in [-0.15, -0.1) is 11.3 Å². The van der Waals surface area contributed by atoms with Gasteiger partial charge in [0, 0.05) is 51.8 Å². The Balaban J connectivity index is 1.40. The van der Waals surface area contributed by atoms with Crippen molar-refractivity contribution >= 4 is 17.2 Å². The maximum Gasteiger partial charge on any atom is 0.263 e. The molecule has 0 N–H and O–H groups in total. The number of amides is 1. The molecule has 0 aliphatic carbocycles. The summed E-state index contributed by atoms with van der Waals surface area (Å²) in [6.45, 7) is 4.23. The van der Waals surface area contributed by atoms with Crippen LogP contribution in [0.2, 0.25) is 0 Å². The summed E-state index contributed by atoms with van der Waals surface area (Å²) in [6, 6.07) is 9.76. The lowest BCUT2D eigenvalue weighted by Crippen LogP contribution is -2.34. The van der Waals surface area contributed by atoms with Crippen LogP contribution in [0.3, 0.4) is 0 Å². The highest BCUT2D eigenvalue weighted by Crippen LogP contribution is 2.27. The van der Waals surface area contributed by atoms with E-state index in [4.69, 9.17) is 0 Å². The van der Waals surface area contributed by atoms with Gasteiger partial charge in [0.2, 0.25) is 0 Å². The predicted molar refractivity (Wildman–Crippen MR) is 107 cm³/mol. The first-order chi connectivity index (χ1) is 13.2. The SMILES string of the molecule is Cn1ccnc1CN1CCCN(C(=O)c2ccc(-c3ccccn3)s2)CC1. The van der Waals surface area contributed by atoms with Crippen molar-refractivity contribution in [1.29, 1.82) is 0 Å². The molecule has 1 saturated heterocycles. The Bertz CT molecular complexity index is 904. The molecule has 7 heteroatoms. The molecule has 0 atom stereocenters. The van der Waals surface area contributed by atoms with Gasteiger partial charge in [-0.3, -0.25) is 14.7 Å². The number of hydrogen-bond donors (Lipinski definition) is 0. The summed E-state index contributed by atoms with van der Waals surface area (Å²) in [5.41, 5.74) is 0.915. The molecule has 0 saturated carbocycles. The standard InChI is InChI=1S/C20H23N5OS/c1-23-12-9-22-19(23)15-24-10-4-11-25(14-13-24)20(26)18-7-6-17(27-18)16-5-2-3-8-21-16/h2-3,5-9,12H,4,10-11,13-15H2,1H3. The fraction of sp³-hybridized carbons (Fsp3) is 0.350. The molecule has 0 unspecified atom stereocenters. The number of carbonyl (C=O) groups excluding carboxylic acids is 1. The van der Waals surface area contributed by atoms with Crippen LogP contribution < -0.4 is 0 Å². The summed E-state index contributed by atoms with van der Waals surface area (Å²) in [4.78, 5) is 27.9. The van der Waals surface area contributed by atoms with Crippen LogP contribution in [0.4, 0.5) is 0 Å². The second kappa shape index (κ2) is 8.02. The molecule has 0 spiro atoms. The van der Waals surface area contributed by atoms with Gasteiger partial charge in [-0.2, -0.15) is 0 Å². The Morgan fingerprint density at radius 1 is 1.07 bits per heavy atom. The van der Waals surface area contributed by atoms with Gasteiger partial charge in [0.1, 0.15) is 5.82 Å². The van der Waals surface area contributed by atoms with Crippen LogP contribution in [0.25, 0.3) is 10.6 Å². The molecule has 27 heavy (non-hydrogen) atoms. The van der Waals surface area contributed by atoms with Crippen molar-refractivity contribution in [3.63, 3.8) is 0 Å². The lowest BCUT2D eigenvalue weighted by molar-refractivity contribution is 0.0766. The van der Waals surface area contributed by atoms with Crippen LogP contribution in [0, 0.1) is 0 Å². The van der Waals surface area contributed by atoms with Gasteiger partial charge in [0.15, 0.2) is 0 Å². The Hall–Kier alpha value is -2.51. The molecule has 140 valence electrons. The minimum absolute atomic E-state index is 0.126. The summed E-state index contributed by atoms with van der Waals surface area (Å²) in [5.74, 6) is 1.19. The second-order valence-corrected chi connectivity index (χ2v) is 7.84. The number of aryl methyl sites for hydroxylation is 1. The van der Waals surface area contributed by atoms with E-state index in [1.54, 1.807) is 6.20 Å². The highest BCUT2D eigenvalue weighted by Gasteiger charge is 2.22. The summed E-state index contributed by atoms with van der Waals surface area (Å²) in [7, 11) is 2.02. The molecular weight excluding hydrogens is 358 g/mol. The molecular formula is C20H23N5OS. The van der Waals surface area contributed by atoms with E-state index >= 15 is 0 Å². The number of aromatic nitrogens is 3. The van der Waals surface area contributed by atoms with Gasteiger partial charge in [-0.1, -0.05) is 6.07 Å². The number of thiophene rings is 1. The third kappa shape index (κ3) is 4.09. The van der Waals surface area contributed by atoms with E-state index in [1.165, 1.54) is 11.3 Å². The largest absolute Gasteiger partial charge is 0.337 e. The van der Waals surface area contributed by atoms with Crippen molar-refractivity contribution in [3.8, 4) is 10.6 Å². The van der Waals surface area contributed by atoms with E-state index < -0.39 is 0 Å². The Labute approximate surface area is 163 Å². The second-order valence-electron chi connectivity index (χ2n) is 6.76. The third-order valence-corrected chi connectivity index (χ3v) is 5.99. The lowest BCUT2D eigenvalue weighted by Gasteiger charge is -2.21. The minimum Gasteiger partial charge on any atom is -0.337 e. The van der Waals surface area contributed by atoms with E-state index in [-0.39, 0.29) is 5.91 Å². The fourth-order valence-corrected chi connectivity index (χ4v) is 4.29. The van der Waals surface area contributed by atoms with Gasteiger partial charge in [0.25, 0.3) is 5.91 Å². The highest BCUT2D eigenvalue weighted by atomic mass is 32.1. The molecule has 0 aromatic carbocycles. The first kappa shape index (κ1) is 17.9. The molecule has 1 aliphatic heterocycles. The van der Waals surface area contributed by atoms with E-state index in [1.807, 2.05) is 54.7 Å². The number of hydrogen-bond acceptors (Lipinski definition) is 5. The van der Waals surface area contributed by atoms with Crippen LogP contribution >= 0.6 is 11.3 Å². The summed E-state index contributed by atoms with van der Waals surface area (Å²) in [6.07, 6.45) is 6.56. The van der Waals surface area contributed by atoms with Crippen molar-refractivity contribution in [2.45, 2.75) is 13.0 Å². The summed E-state index contributed by atoms with van der Waals surface area (Å²) >= 11 is 1.52. The van der Waals surface area contributed by atoms with Gasteiger partial charge < -0.3 is 9.47 Å². The molecule has 0 radical (unpaired) electrons. The van der Waals surface area contributed by atoms with Crippen molar-refractivity contribution in [1.82, 2.24) is 24.3 Å². The maximum absolute atomic E-state index is 13.0. The molecule has 1 fully saturated rings. The number of carbonyl (C=O) groups is 1. The molecule has 6 nitrogen and oxygen atoms in total. The molecule has 4 rings (SSSR count). The minimum atomic E-state index is 0.126. The number of nitrogens with zero attached hydrogens (tertiary/aromatic N) is 5. The van der Waals surface area contributed by atoms with Crippen molar-refractivity contribution in [3.05, 3.63) is 59.6 Å². The molecule has 1 amide bonds. The van der Waals surface area contributed by atoms with Gasteiger partial charge >= 0.3 is 0 Å². The first-order valence-corrected chi connectivity index (χ1v) is 10.0. The molecule has 1 aliphatic rings. The lowest BCUT2D eigenvalue weighted by atomic mass is 10.3. The van der Waals surface area contributed by atoms with E-state index in [2.05, 4.69) is 19.4 Å². The summed E-state index contributed by atoms with van der Waals surface area (Å²) in [5, 5.41) is 0. The van der Waals surface area contributed by atoms with E-state index in [9.17, 15) is 4.79 Å². The zero-order chi connectivity index (χ0) is 18.6. The zero-order valence-electron chi connectivity index (χ0n) is 15.4.